The van der Waals surface area contributed by atoms with E-state index >= 15 is 0 Å². The van der Waals surface area contributed by atoms with Gasteiger partial charge in [-0.05, 0) is 37.3 Å². The van der Waals surface area contributed by atoms with Crippen LogP contribution in [0.1, 0.15) is 25.1 Å². The maximum atomic E-state index is 12.4. The fraction of sp³-hybridized carbons (Fsp3) is 0.615. The molecule has 0 bridgehead atoms. The van der Waals surface area contributed by atoms with Gasteiger partial charge >= 0.3 is 0 Å². The van der Waals surface area contributed by atoms with Gasteiger partial charge < -0.3 is 10.2 Å². The molecular formula is C13H20N2OS. The van der Waals surface area contributed by atoms with E-state index in [9.17, 15) is 4.79 Å². The summed E-state index contributed by atoms with van der Waals surface area (Å²) in [6.45, 7) is 6.69. The number of likely N-dealkylation sites (N-methyl/N-ethyl adjacent to an activating group) is 1. The fourth-order valence-corrected chi connectivity index (χ4v) is 3.02. The van der Waals surface area contributed by atoms with Gasteiger partial charge in [0.1, 0.15) is 0 Å². The van der Waals surface area contributed by atoms with Crippen molar-refractivity contribution in [1.82, 2.24) is 10.2 Å². The lowest BCUT2D eigenvalue weighted by Crippen LogP contribution is -2.45. The molecule has 1 fully saturated rings. The summed E-state index contributed by atoms with van der Waals surface area (Å²) in [5, 5.41) is 5.37. The molecule has 2 heterocycles. The van der Waals surface area contributed by atoms with Gasteiger partial charge in [0.15, 0.2) is 0 Å². The molecule has 4 heteroatoms. The van der Waals surface area contributed by atoms with Crippen molar-refractivity contribution in [2.45, 2.75) is 32.9 Å². The van der Waals surface area contributed by atoms with Crippen molar-refractivity contribution in [1.29, 1.82) is 0 Å². The molecule has 1 aliphatic heterocycles. The standard InChI is InChI=1S/C13H20N2OS/c1-3-15(9-11-5-4-8-17-11)13(16)12-10(2)6-7-14-12/h4-5,8,10,12,14H,3,6-7,9H2,1-2H3. The highest BCUT2D eigenvalue weighted by atomic mass is 32.1. The molecule has 2 atom stereocenters. The molecule has 94 valence electrons. The molecule has 1 N–H and O–H groups in total. The Morgan fingerprint density at radius 2 is 2.47 bits per heavy atom. The van der Waals surface area contributed by atoms with Crippen LogP contribution in [0.25, 0.3) is 0 Å². The summed E-state index contributed by atoms with van der Waals surface area (Å²) in [7, 11) is 0. The Morgan fingerprint density at radius 1 is 1.65 bits per heavy atom. The van der Waals surface area contributed by atoms with Gasteiger partial charge in [-0.15, -0.1) is 11.3 Å². The Balaban J connectivity index is 2.00. The van der Waals surface area contributed by atoms with Crippen LogP contribution < -0.4 is 5.32 Å². The van der Waals surface area contributed by atoms with E-state index in [1.807, 2.05) is 17.9 Å². The van der Waals surface area contributed by atoms with E-state index in [1.165, 1.54) is 4.88 Å². The van der Waals surface area contributed by atoms with Gasteiger partial charge in [-0.3, -0.25) is 4.79 Å². The number of rotatable bonds is 4. The second-order valence-electron chi connectivity index (χ2n) is 4.63. The van der Waals surface area contributed by atoms with Crippen LogP contribution in [-0.2, 0) is 11.3 Å². The third-order valence-electron chi connectivity index (χ3n) is 3.42. The van der Waals surface area contributed by atoms with Crippen molar-refractivity contribution in [3.63, 3.8) is 0 Å². The van der Waals surface area contributed by atoms with Crippen LogP contribution in [-0.4, -0.2) is 29.9 Å². The highest BCUT2D eigenvalue weighted by Crippen LogP contribution is 2.19. The number of amides is 1. The van der Waals surface area contributed by atoms with Crippen molar-refractivity contribution >= 4 is 17.2 Å². The van der Waals surface area contributed by atoms with Crippen molar-refractivity contribution in [2.24, 2.45) is 5.92 Å². The average Bonchev–Trinajstić information content (AvgIpc) is 2.96. The van der Waals surface area contributed by atoms with Gasteiger partial charge in [0.05, 0.1) is 12.6 Å². The van der Waals surface area contributed by atoms with E-state index in [4.69, 9.17) is 0 Å². The molecule has 3 nitrogen and oxygen atoms in total. The molecule has 0 spiro atoms. The molecule has 1 amide bonds. The molecule has 1 aromatic heterocycles. The first-order valence-corrected chi connectivity index (χ1v) is 7.15. The quantitative estimate of drug-likeness (QED) is 0.890. The summed E-state index contributed by atoms with van der Waals surface area (Å²) in [5.41, 5.74) is 0. The van der Waals surface area contributed by atoms with E-state index in [0.717, 1.165) is 26.1 Å². The number of carbonyl (C=O) groups excluding carboxylic acids is 1. The van der Waals surface area contributed by atoms with Gasteiger partial charge in [0.2, 0.25) is 5.91 Å². The summed E-state index contributed by atoms with van der Waals surface area (Å²) in [6, 6.07) is 4.15. The lowest BCUT2D eigenvalue weighted by Gasteiger charge is -2.25. The summed E-state index contributed by atoms with van der Waals surface area (Å²) in [4.78, 5) is 15.6. The predicted molar refractivity (Wildman–Crippen MR) is 71.0 cm³/mol. The largest absolute Gasteiger partial charge is 0.336 e. The molecule has 2 rings (SSSR count). The molecule has 0 saturated carbocycles. The van der Waals surface area contributed by atoms with Crippen LogP contribution in [0.15, 0.2) is 17.5 Å². The maximum Gasteiger partial charge on any atom is 0.240 e. The van der Waals surface area contributed by atoms with Gasteiger partial charge in [0, 0.05) is 11.4 Å². The zero-order chi connectivity index (χ0) is 12.3. The lowest BCUT2D eigenvalue weighted by molar-refractivity contribution is -0.134. The molecule has 0 aromatic carbocycles. The van der Waals surface area contributed by atoms with Gasteiger partial charge in [-0.1, -0.05) is 13.0 Å². The average molecular weight is 252 g/mol. The van der Waals surface area contributed by atoms with Gasteiger partial charge in [-0.2, -0.15) is 0 Å². The second-order valence-corrected chi connectivity index (χ2v) is 5.66. The van der Waals surface area contributed by atoms with Crippen LogP contribution in [0, 0.1) is 5.92 Å². The van der Waals surface area contributed by atoms with Crippen LogP contribution in [0.5, 0.6) is 0 Å². The van der Waals surface area contributed by atoms with Crippen molar-refractivity contribution in [3.8, 4) is 0 Å². The molecular weight excluding hydrogens is 232 g/mol. The van der Waals surface area contributed by atoms with E-state index < -0.39 is 0 Å². The van der Waals surface area contributed by atoms with Crippen LogP contribution >= 0.6 is 11.3 Å². The lowest BCUT2D eigenvalue weighted by atomic mass is 10.0. The first-order chi connectivity index (χ1) is 8.22. The second kappa shape index (κ2) is 5.65. The summed E-state index contributed by atoms with van der Waals surface area (Å²) >= 11 is 1.71. The topological polar surface area (TPSA) is 32.3 Å². The highest BCUT2D eigenvalue weighted by molar-refractivity contribution is 7.09. The molecule has 2 unspecified atom stereocenters. The van der Waals surface area contributed by atoms with Crippen molar-refractivity contribution in [3.05, 3.63) is 22.4 Å². The number of hydrogen-bond donors (Lipinski definition) is 1. The summed E-state index contributed by atoms with van der Waals surface area (Å²) in [6.07, 6.45) is 1.10. The van der Waals surface area contributed by atoms with E-state index in [-0.39, 0.29) is 11.9 Å². The SMILES string of the molecule is CCN(Cc1cccs1)C(=O)C1NCCC1C. The zero-order valence-corrected chi connectivity index (χ0v) is 11.3. The third kappa shape index (κ3) is 2.87. The van der Waals surface area contributed by atoms with E-state index in [2.05, 4.69) is 23.7 Å². The zero-order valence-electron chi connectivity index (χ0n) is 10.5. The first-order valence-electron chi connectivity index (χ1n) is 6.27. The van der Waals surface area contributed by atoms with Crippen molar-refractivity contribution in [2.75, 3.05) is 13.1 Å². The normalized spacial score (nSPS) is 23.9. The Labute approximate surface area is 107 Å². The van der Waals surface area contributed by atoms with Gasteiger partial charge in [0.25, 0.3) is 0 Å². The third-order valence-corrected chi connectivity index (χ3v) is 4.28. The van der Waals surface area contributed by atoms with Crippen molar-refractivity contribution < 1.29 is 4.79 Å². The summed E-state index contributed by atoms with van der Waals surface area (Å²) < 4.78 is 0. The van der Waals surface area contributed by atoms with Crippen LogP contribution in [0.2, 0.25) is 0 Å². The Bertz CT molecular complexity index is 364. The molecule has 0 aliphatic carbocycles. The number of nitrogens with zero attached hydrogens (tertiary/aromatic N) is 1. The number of carbonyl (C=O) groups is 1. The number of nitrogens with one attached hydrogen (secondary N) is 1. The summed E-state index contributed by atoms with van der Waals surface area (Å²) in [5.74, 6) is 0.714. The highest BCUT2D eigenvalue weighted by Gasteiger charge is 2.32. The van der Waals surface area contributed by atoms with Gasteiger partial charge in [-0.25, -0.2) is 0 Å². The minimum Gasteiger partial charge on any atom is -0.336 e. The molecule has 1 aliphatic rings. The molecule has 17 heavy (non-hydrogen) atoms. The maximum absolute atomic E-state index is 12.4. The fourth-order valence-electron chi connectivity index (χ4n) is 2.30. The Hall–Kier alpha value is -0.870. The smallest absolute Gasteiger partial charge is 0.240 e. The first kappa shape index (κ1) is 12.6. The number of hydrogen-bond acceptors (Lipinski definition) is 3. The molecule has 0 radical (unpaired) electrons. The molecule has 1 aromatic rings. The monoisotopic (exact) mass is 252 g/mol. The number of thiophene rings is 1. The van der Waals surface area contributed by atoms with E-state index in [1.54, 1.807) is 11.3 Å². The Kier molecular flexibility index (Phi) is 4.18. The van der Waals surface area contributed by atoms with Crippen LogP contribution in [0.4, 0.5) is 0 Å². The Morgan fingerprint density at radius 3 is 3.00 bits per heavy atom. The molecule has 1 saturated heterocycles. The predicted octanol–water partition coefficient (Wildman–Crippen LogP) is 2.09. The minimum absolute atomic E-state index is 0.0231. The van der Waals surface area contributed by atoms with Crippen LogP contribution in [0.3, 0.4) is 0 Å². The van der Waals surface area contributed by atoms with E-state index in [0.29, 0.717) is 5.92 Å². The minimum atomic E-state index is 0.0231.